The summed E-state index contributed by atoms with van der Waals surface area (Å²) in [5, 5.41) is 16.7. The molecule has 0 aliphatic heterocycles. The lowest BCUT2D eigenvalue weighted by atomic mass is 10.4. The van der Waals surface area contributed by atoms with Gasteiger partial charge in [0.15, 0.2) is 0 Å². The van der Waals surface area contributed by atoms with Crippen LogP contribution in [0.25, 0.3) is 0 Å². The molecule has 0 fully saturated rings. The molecule has 0 heterocycles. The van der Waals surface area contributed by atoms with Crippen molar-refractivity contribution in [3.05, 3.63) is 11.5 Å². The van der Waals surface area contributed by atoms with Crippen LogP contribution < -0.4 is 0 Å². The Morgan fingerprint density at radius 2 is 2.33 bits per heavy atom. The van der Waals surface area contributed by atoms with E-state index < -0.39 is 0 Å². The van der Waals surface area contributed by atoms with Crippen LogP contribution in [0.15, 0.2) is 11.5 Å². The van der Waals surface area contributed by atoms with Crippen molar-refractivity contribution in [1.82, 2.24) is 0 Å². The van der Waals surface area contributed by atoms with Crippen LogP contribution in [0.3, 0.4) is 0 Å². The highest BCUT2D eigenvalue weighted by atomic mass is 16.5. The summed E-state index contributed by atoms with van der Waals surface area (Å²) in [7, 11) is 0. The van der Waals surface area contributed by atoms with Crippen molar-refractivity contribution in [3.8, 4) is 6.07 Å². The lowest BCUT2D eigenvalue weighted by Crippen LogP contribution is -1.90. The summed E-state index contributed by atoms with van der Waals surface area (Å²) in [5.41, 5.74) is 0. The van der Waals surface area contributed by atoms with Crippen LogP contribution in [0.4, 0.5) is 0 Å². The van der Waals surface area contributed by atoms with Gasteiger partial charge in [-0.2, -0.15) is 5.26 Å². The Kier molecular flexibility index (Phi) is 3.29. The molecule has 0 radical (unpaired) electrons. The van der Waals surface area contributed by atoms with Crippen molar-refractivity contribution >= 4 is 0 Å². The van der Waals surface area contributed by atoms with E-state index in [1.54, 1.807) is 19.9 Å². The number of aliphatic hydroxyl groups excluding tert-OH is 1. The number of rotatable bonds is 2. The summed E-state index contributed by atoms with van der Waals surface area (Å²) in [6.45, 7) is 3.80. The molecule has 0 aromatic rings. The molecule has 50 valence electrons. The van der Waals surface area contributed by atoms with Gasteiger partial charge in [-0.25, -0.2) is 0 Å². The van der Waals surface area contributed by atoms with E-state index in [-0.39, 0.29) is 11.5 Å². The summed E-state index contributed by atoms with van der Waals surface area (Å²) in [6, 6.07) is 1.56. The zero-order valence-electron chi connectivity index (χ0n) is 5.51. The lowest BCUT2D eigenvalue weighted by molar-refractivity contribution is 0.211. The molecule has 0 aromatic carbocycles. The van der Waals surface area contributed by atoms with Gasteiger partial charge >= 0.3 is 0 Å². The molecule has 0 bridgehead atoms. The summed E-state index contributed by atoms with van der Waals surface area (Å²) < 4.78 is 4.80. The molecule has 0 saturated carbocycles. The minimum atomic E-state index is -0.350. The average Bonchev–Trinajstić information content (AvgIpc) is 1.87. The van der Waals surface area contributed by atoms with Crippen LogP contribution in [0.1, 0.15) is 13.8 Å². The molecule has 3 nitrogen and oxygen atoms in total. The van der Waals surface area contributed by atoms with Gasteiger partial charge in [0.1, 0.15) is 11.8 Å². The van der Waals surface area contributed by atoms with Gasteiger partial charge in [-0.15, -0.1) is 0 Å². The molecule has 0 aliphatic carbocycles. The molecule has 9 heavy (non-hydrogen) atoms. The van der Waals surface area contributed by atoms with E-state index in [0.717, 1.165) is 0 Å². The predicted octanol–water partition coefficient (Wildman–Crippen LogP) is 1.34. The van der Waals surface area contributed by atoms with Gasteiger partial charge in [0.25, 0.3) is 0 Å². The van der Waals surface area contributed by atoms with Crippen LogP contribution in [-0.4, -0.2) is 11.7 Å². The number of hydrogen-bond donors (Lipinski definition) is 1. The zero-order chi connectivity index (χ0) is 7.28. The molecule has 0 aliphatic rings. The summed E-state index contributed by atoms with van der Waals surface area (Å²) in [4.78, 5) is 0. The maximum atomic E-state index is 8.65. The molecule has 0 spiro atoms. The summed E-state index contributed by atoms with van der Waals surface area (Å²) in [6.07, 6.45) is 0. The molecule has 0 unspecified atom stereocenters. The topological polar surface area (TPSA) is 53.2 Å². The minimum Gasteiger partial charge on any atom is -0.497 e. The van der Waals surface area contributed by atoms with Crippen LogP contribution >= 0.6 is 0 Å². The first-order valence-electron chi connectivity index (χ1n) is 2.65. The highest BCUT2D eigenvalue weighted by Gasteiger charge is 1.96. The van der Waals surface area contributed by atoms with Crippen molar-refractivity contribution in [1.29, 1.82) is 5.26 Å². The number of ether oxygens (including phenoxy) is 1. The van der Waals surface area contributed by atoms with Gasteiger partial charge in [0, 0.05) is 0 Å². The van der Waals surface area contributed by atoms with E-state index in [1.807, 2.05) is 0 Å². The molecule has 1 N–H and O–H groups in total. The molecule has 0 aromatic heterocycles. The number of nitriles is 1. The van der Waals surface area contributed by atoms with Gasteiger partial charge in [0.05, 0.1) is 6.61 Å². The Labute approximate surface area is 54.2 Å². The van der Waals surface area contributed by atoms with Crippen LogP contribution in [0.2, 0.25) is 0 Å². The fraction of sp³-hybridized carbons (Fsp3) is 0.500. The molecule has 0 atom stereocenters. The van der Waals surface area contributed by atoms with E-state index in [4.69, 9.17) is 15.1 Å². The molecule has 3 heteroatoms. The van der Waals surface area contributed by atoms with Gasteiger partial charge in [0.2, 0.25) is 5.76 Å². The van der Waals surface area contributed by atoms with Crippen LogP contribution in [0, 0.1) is 11.3 Å². The second-order valence-electron chi connectivity index (χ2n) is 1.45. The minimum absolute atomic E-state index is 0.278. The second-order valence-corrected chi connectivity index (χ2v) is 1.45. The highest BCUT2D eigenvalue weighted by molar-refractivity contribution is 5.14. The highest BCUT2D eigenvalue weighted by Crippen LogP contribution is 1.99. The maximum absolute atomic E-state index is 8.65. The van der Waals surface area contributed by atoms with Crippen molar-refractivity contribution < 1.29 is 9.84 Å². The third-order valence-corrected chi connectivity index (χ3v) is 0.800. The number of aliphatic hydroxyl groups is 1. The van der Waals surface area contributed by atoms with E-state index >= 15 is 0 Å². The summed E-state index contributed by atoms with van der Waals surface area (Å²) in [5.74, 6) is -0.0724. The Morgan fingerprint density at radius 3 is 2.67 bits per heavy atom. The third kappa shape index (κ3) is 2.60. The zero-order valence-corrected chi connectivity index (χ0v) is 5.51. The predicted molar refractivity (Wildman–Crippen MR) is 32.6 cm³/mol. The van der Waals surface area contributed by atoms with Crippen molar-refractivity contribution in [2.45, 2.75) is 13.8 Å². The van der Waals surface area contributed by atoms with Crippen molar-refractivity contribution in [2.75, 3.05) is 6.61 Å². The molecule has 0 saturated heterocycles. The monoisotopic (exact) mass is 127 g/mol. The largest absolute Gasteiger partial charge is 0.497 e. The Morgan fingerprint density at radius 1 is 1.78 bits per heavy atom. The first-order chi connectivity index (χ1) is 4.22. The number of allylic oxidation sites excluding steroid dienone is 2. The lowest BCUT2D eigenvalue weighted by Gasteiger charge is -1.99. The normalized spacial score (nSPS) is 11.7. The second kappa shape index (κ2) is 3.79. The summed E-state index contributed by atoms with van der Waals surface area (Å²) >= 11 is 0. The van der Waals surface area contributed by atoms with Gasteiger partial charge in [-0.05, 0) is 13.8 Å². The average molecular weight is 127 g/mol. The number of hydrogen-bond acceptors (Lipinski definition) is 3. The Bertz CT molecular complexity index is 155. The van der Waals surface area contributed by atoms with Gasteiger partial charge in [-0.1, -0.05) is 0 Å². The van der Waals surface area contributed by atoms with E-state index in [2.05, 4.69) is 0 Å². The van der Waals surface area contributed by atoms with Crippen LogP contribution in [0.5, 0.6) is 0 Å². The Balaban J connectivity index is 3.98. The quantitative estimate of drug-likeness (QED) is 0.346. The van der Waals surface area contributed by atoms with E-state index in [1.165, 1.54) is 0 Å². The first kappa shape index (κ1) is 7.83. The fourth-order valence-corrected chi connectivity index (χ4v) is 0.364. The standard InChI is InChI=1S/C6H9NO2/c1-3-9-5(2)6(8)4-7/h8H,3H2,1-2H3/b6-5+. The van der Waals surface area contributed by atoms with Crippen LogP contribution in [-0.2, 0) is 4.74 Å². The third-order valence-electron chi connectivity index (χ3n) is 0.800. The SMILES string of the molecule is CCO/C(C)=C(/O)C#N. The van der Waals surface area contributed by atoms with Crippen molar-refractivity contribution in [3.63, 3.8) is 0 Å². The van der Waals surface area contributed by atoms with E-state index in [9.17, 15) is 0 Å². The molecular weight excluding hydrogens is 118 g/mol. The van der Waals surface area contributed by atoms with Gasteiger partial charge < -0.3 is 9.84 Å². The molecular formula is C6H9NO2. The van der Waals surface area contributed by atoms with E-state index in [0.29, 0.717) is 6.61 Å². The Hall–Kier alpha value is -1.17. The smallest absolute Gasteiger partial charge is 0.232 e. The molecule has 0 amide bonds. The number of nitrogens with zero attached hydrogens (tertiary/aromatic N) is 1. The fourth-order valence-electron chi connectivity index (χ4n) is 0.364. The molecule has 0 rings (SSSR count). The van der Waals surface area contributed by atoms with Crippen molar-refractivity contribution in [2.24, 2.45) is 0 Å². The van der Waals surface area contributed by atoms with Gasteiger partial charge in [-0.3, -0.25) is 0 Å². The first-order valence-corrected chi connectivity index (χ1v) is 2.65. The maximum Gasteiger partial charge on any atom is 0.232 e.